The van der Waals surface area contributed by atoms with Gasteiger partial charge in [-0.1, -0.05) is 6.07 Å². The lowest BCUT2D eigenvalue weighted by Gasteiger charge is -2.22. The van der Waals surface area contributed by atoms with Crippen molar-refractivity contribution in [2.24, 2.45) is 0 Å². The smallest absolute Gasteiger partial charge is 0.169 e. The van der Waals surface area contributed by atoms with Crippen molar-refractivity contribution in [3.63, 3.8) is 0 Å². The van der Waals surface area contributed by atoms with E-state index in [1.807, 2.05) is 39.8 Å². The monoisotopic (exact) mass is 287 g/mol. The molecule has 0 radical (unpaired) electrons. The maximum Gasteiger partial charge on any atom is 0.169 e. The maximum absolute atomic E-state index is 6.09. The van der Waals surface area contributed by atoms with Crippen LogP contribution in [0.15, 0.2) is 24.7 Å². The molecule has 0 aromatic carbocycles. The van der Waals surface area contributed by atoms with Crippen LogP contribution in [-0.2, 0) is 0 Å². The zero-order valence-electron chi connectivity index (χ0n) is 12.7. The minimum absolute atomic E-state index is 0.109. The molecule has 5 N–H and O–H groups in total. The molecule has 0 spiro atoms. The Morgan fingerprint density at radius 3 is 2.43 bits per heavy atom. The molecule has 0 unspecified atom stereocenters. The van der Waals surface area contributed by atoms with Crippen LogP contribution in [0.25, 0.3) is 0 Å². The molecule has 7 heteroatoms. The number of pyridine rings is 1. The lowest BCUT2D eigenvalue weighted by molar-refractivity contribution is 0.464. The van der Waals surface area contributed by atoms with Crippen LogP contribution in [-0.4, -0.2) is 20.5 Å². The normalized spacial score (nSPS) is 11.2. The number of anilines is 4. The topological polar surface area (TPSA) is 101 Å². The number of nitrogen functional groups attached to an aromatic ring is 1. The van der Waals surface area contributed by atoms with Gasteiger partial charge in [0.15, 0.2) is 11.6 Å². The van der Waals surface area contributed by atoms with Crippen LogP contribution in [0.1, 0.15) is 26.3 Å². The molecule has 0 aliphatic carbocycles. The summed E-state index contributed by atoms with van der Waals surface area (Å²) in [4.78, 5) is 12.6. The molecule has 112 valence electrons. The second-order valence-corrected chi connectivity index (χ2v) is 5.78. The van der Waals surface area contributed by atoms with Gasteiger partial charge in [-0.3, -0.25) is 0 Å². The number of hydrogen-bond acceptors (Lipinski definition) is 7. The minimum Gasteiger partial charge on any atom is -0.393 e. The van der Waals surface area contributed by atoms with Gasteiger partial charge in [-0.05, 0) is 39.3 Å². The van der Waals surface area contributed by atoms with Gasteiger partial charge in [0, 0.05) is 11.7 Å². The van der Waals surface area contributed by atoms with E-state index >= 15 is 0 Å². The van der Waals surface area contributed by atoms with Gasteiger partial charge >= 0.3 is 0 Å². The minimum atomic E-state index is -0.109. The largest absolute Gasteiger partial charge is 0.393 e. The highest BCUT2D eigenvalue weighted by Crippen LogP contribution is 2.25. The average molecular weight is 287 g/mol. The summed E-state index contributed by atoms with van der Waals surface area (Å²) in [6.07, 6.45) is 3.16. The molecule has 0 saturated carbocycles. The Labute approximate surface area is 124 Å². The fraction of sp³-hybridized carbons (Fsp3) is 0.357. The Balaban J connectivity index is 2.20. The Morgan fingerprint density at radius 1 is 1.05 bits per heavy atom. The van der Waals surface area contributed by atoms with E-state index in [-0.39, 0.29) is 5.54 Å². The molecular weight excluding hydrogens is 266 g/mol. The summed E-state index contributed by atoms with van der Waals surface area (Å²) in [5, 5.41) is 3.12. The summed E-state index contributed by atoms with van der Waals surface area (Å²) < 4.78 is 0. The summed E-state index contributed by atoms with van der Waals surface area (Å²) in [5.41, 5.74) is 13.6. The van der Waals surface area contributed by atoms with Gasteiger partial charge in [-0.15, -0.1) is 0 Å². The number of hydrogen-bond donors (Lipinski definition) is 4. The van der Waals surface area contributed by atoms with Crippen molar-refractivity contribution in [3.8, 4) is 0 Å². The first-order valence-electron chi connectivity index (χ1n) is 6.69. The van der Waals surface area contributed by atoms with E-state index in [4.69, 9.17) is 5.73 Å². The first kappa shape index (κ1) is 15.0. The van der Waals surface area contributed by atoms with E-state index < -0.39 is 0 Å². The summed E-state index contributed by atoms with van der Waals surface area (Å²) >= 11 is 0. The van der Waals surface area contributed by atoms with Crippen molar-refractivity contribution >= 4 is 23.1 Å². The average Bonchev–Trinajstić information content (AvgIpc) is 2.41. The van der Waals surface area contributed by atoms with Crippen molar-refractivity contribution in [1.82, 2.24) is 20.4 Å². The van der Waals surface area contributed by atoms with Gasteiger partial charge < -0.3 is 16.5 Å². The highest BCUT2D eigenvalue weighted by atomic mass is 15.4. The van der Waals surface area contributed by atoms with Crippen molar-refractivity contribution < 1.29 is 0 Å². The molecule has 0 saturated heterocycles. The molecule has 21 heavy (non-hydrogen) atoms. The van der Waals surface area contributed by atoms with Gasteiger partial charge in [0.1, 0.15) is 17.8 Å². The molecule has 2 heterocycles. The Kier molecular flexibility index (Phi) is 4.23. The third-order valence-electron chi connectivity index (χ3n) is 2.69. The predicted octanol–water partition coefficient (Wildman–Crippen LogP) is 2.22. The lowest BCUT2D eigenvalue weighted by Crippen LogP contribution is -2.40. The summed E-state index contributed by atoms with van der Waals surface area (Å²) in [7, 11) is 0. The Hall–Kier alpha value is -2.41. The van der Waals surface area contributed by atoms with Gasteiger partial charge in [0.25, 0.3) is 0 Å². The van der Waals surface area contributed by atoms with Crippen molar-refractivity contribution in [3.05, 3.63) is 30.2 Å². The number of hydrazine groups is 1. The number of nitrogens with zero attached hydrogens (tertiary/aromatic N) is 3. The zero-order valence-corrected chi connectivity index (χ0v) is 12.7. The molecule has 2 aromatic rings. The number of aromatic nitrogens is 3. The maximum atomic E-state index is 6.09. The fourth-order valence-corrected chi connectivity index (χ4v) is 1.57. The lowest BCUT2D eigenvalue weighted by atomic mass is 10.1. The Morgan fingerprint density at radius 2 is 1.76 bits per heavy atom. The molecular formula is C14H21N7. The molecule has 0 aliphatic rings. The second kappa shape index (κ2) is 5.92. The summed E-state index contributed by atoms with van der Waals surface area (Å²) in [5.74, 6) is 1.76. The quantitative estimate of drug-likeness (QED) is 0.640. The number of aryl methyl sites for hydroxylation is 1. The molecule has 7 nitrogen and oxygen atoms in total. The number of nitrogens with one attached hydrogen (secondary N) is 3. The predicted molar refractivity (Wildman–Crippen MR) is 85.2 cm³/mol. The van der Waals surface area contributed by atoms with Crippen LogP contribution >= 0.6 is 0 Å². The molecule has 2 aromatic heterocycles. The highest BCUT2D eigenvalue weighted by Gasteiger charge is 2.13. The van der Waals surface area contributed by atoms with Crippen LogP contribution in [0.3, 0.4) is 0 Å². The third kappa shape index (κ3) is 4.03. The van der Waals surface area contributed by atoms with E-state index in [0.717, 1.165) is 11.4 Å². The first-order valence-corrected chi connectivity index (χ1v) is 6.69. The standard InChI is InChI=1S/C14H21N7/c1-9-6-5-7-16-11(9)19-12-10(15)13(18-8-17-12)20-21-14(2,3)4/h5-8,21H,15H2,1-4H3,(H2,16,17,18,19,20). The Bertz CT molecular complexity index is 619. The van der Waals surface area contributed by atoms with Crippen molar-refractivity contribution in [2.75, 3.05) is 16.5 Å². The SMILES string of the molecule is Cc1cccnc1Nc1ncnc(NNC(C)(C)C)c1N. The fourth-order valence-electron chi connectivity index (χ4n) is 1.57. The van der Waals surface area contributed by atoms with Gasteiger partial charge in [-0.25, -0.2) is 20.4 Å². The van der Waals surface area contributed by atoms with Crippen molar-refractivity contribution in [1.29, 1.82) is 0 Å². The van der Waals surface area contributed by atoms with Crippen LogP contribution in [0.2, 0.25) is 0 Å². The van der Waals surface area contributed by atoms with E-state index in [0.29, 0.717) is 17.3 Å². The number of rotatable bonds is 4. The van der Waals surface area contributed by atoms with E-state index in [1.54, 1.807) is 6.20 Å². The van der Waals surface area contributed by atoms with Crippen LogP contribution in [0.4, 0.5) is 23.1 Å². The van der Waals surface area contributed by atoms with E-state index in [9.17, 15) is 0 Å². The third-order valence-corrected chi connectivity index (χ3v) is 2.69. The summed E-state index contributed by atoms with van der Waals surface area (Å²) in [6, 6.07) is 3.84. The zero-order chi connectivity index (χ0) is 15.5. The molecule has 0 fully saturated rings. The molecule has 0 aliphatic heterocycles. The van der Waals surface area contributed by atoms with E-state index in [2.05, 4.69) is 31.1 Å². The molecule has 0 bridgehead atoms. The summed E-state index contributed by atoms with van der Waals surface area (Å²) in [6.45, 7) is 8.07. The molecule has 0 atom stereocenters. The second-order valence-electron chi connectivity index (χ2n) is 5.78. The van der Waals surface area contributed by atoms with Gasteiger partial charge in [0.2, 0.25) is 0 Å². The molecule has 0 amide bonds. The van der Waals surface area contributed by atoms with Gasteiger partial charge in [-0.2, -0.15) is 0 Å². The van der Waals surface area contributed by atoms with Crippen LogP contribution in [0.5, 0.6) is 0 Å². The van der Waals surface area contributed by atoms with E-state index in [1.165, 1.54) is 6.33 Å². The number of nitrogens with two attached hydrogens (primary N) is 1. The molecule has 2 rings (SSSR count). The van der Waals surface area contributed by atoms with Crippen molar-refractivity contribution in [2.45, 2.75) is 33.2 Å². The first-order chi connectivity index (χ1) is 9.87. The van der Waals surface area contributed by atoms with Crippen LogP contribution in [0, 0.1) is 6.92 Å². The highest BCUT2D eigenvalue weighted by molar-refractivity contribution is 5.77. The van der Waals surface area contributed by atoms with Gasteiger partial charge in [0.05, 0.1) is 0 Å². The van der Waals surface area contributed by atoms with Crippen LogP contribution < -0.4 is 21.9 Å².